The molecule has 0 aliphatic heterocycles. The van der Waals surface area contributed by atoms with Crippen molar-refractivity contribution in [2.45, 2.75) is 51.3 Å². The summed E-state index contributed by atoms with van der Waals surface area (Å²) >= 11 is 1.89. The van der Waals surface area contributed by atoms with E-state index in [0.29, 0.717) is 5.56 Å². The smallest absolute Gasteiger partial charge is 0.272 e. The molecule has 4 nitrogen and oxygen atoms in total. The van der Waals surface area contributed by atoms with Crippen LogP contribution in [0.3, 0.4) is 0 Å². The molecule has 0 spiro atoms. The number of nitro groups is 1. The number of hydrogen-bond acceptors (Lipinski definition) is 4. The van der Waals surface area contributed by atoms with E-state index in [1.807, 2.05) is 23.9 Å². The molecule has 118 valence electrons. The highest BCUT2D eigenvalue weighted by atomic mass is 32.2. The quantitative estimate of drug-likeness (QED) is 0.568. The van der Waals surface area contributed by atoms with Crippen LogP contribution in [0.4, 0.5) is 5.69 Å². The summed E-state index contributed by atoms with van der Waals surface area (Å²) in [4.78, 5) is 10.7. The summed E-state index contributed by atoms with van der Waals surface area (Å²) in [6.45, 7) is 9.16. The van der Waals surface area contributed by atoms with Crippen molar-refractivity contribution in [3.8, 4) is 0 Å². The number of hydrogen-bond donors (Lipinski definition) is 1. The molecule has 1 atom stereocenters. The van der Waals surface area contributed by atoms with E-state index in [4.69, 9.17) is 0 Å². The number of nitrogens with one attached hydrogen (secondary N) is 1. The molecule has 1 aromatic rings. The van der Waals surface area contributed by atoms with Gasteiger partial charge in [-0.2, -0.15) is 11.8 Å². The summed E-state index contributed by atoms with van der Waals surface area (Å²) in [6, 6.07) is 5.59. The summed E-state index contributed by atoms with van der Waals surface area (Å²) < 4.78 is 0.241. The Balaban J connectivity index is 2.83. The van der Waals surface area contributed by atoms with E-state index in [0.717, 1.165) is 24.9 Å². The van der Waals surface area contributed by atoms with Crippen LogP contribution in [0.15, 0.2) is 18.2 Å². The Morgan fingerprint density at radius 1 is 1.38 bits per heavy atom. The molecule has 0 fully saturated rings. The second-order valence-electron chi connectivity index (χ2n) is 5.50. The topological polar surface area (TPSA) is 55.2 Å². The van der Waals surface area contributed by atoms with Gasteiger partial charge < -0.3 is 5.32 Å². The maximum absolute atomic E-state index is 11.0. The molecule has 0 radical (unpaired) electrons. The lowest BCUT2D eigenvalue weighted by molar-refractivity contribution is -0.385. The fraction of sp³-hybridized carbons (Fsp3) is 0.625. The molecule has 0 amide bonds. The summed E-state index contributed by atoms with van der Waals surface area (Å²) in [5.74, 6) is 0. The van der Waals surface area contributed by atoms with Gasteiger partial charge >= 0.3 is 0 Å². The molecular formula is C16H26N2O2S. The average Bonchev–Trinajstić information content (AvgIpc) is 2.49. The SMILES string of the molecule is CCC(CC)(CNC(C)c1ccc(C)c([N+](=O)[O-])c1)SC. The second kappa shape index (κ2) is 7.80. The van der Waals surface area contributed by atoms with E-state index >= 15 is 0 Å². The van der Waals surface area contributed by atoms with E-state index in [1.54, 1.807) is 13.0 Å². The van der Waals surface area contributed by atoms with Crippen molar-refractivity contribution in [1.29, 1.82) is 0 Å². The normalized spacial score (nSPS) is 13.2. The van der Waals surface area contributed by atoms with Crippen molar-refractivity contribution in [1.82, 2.24) is 5.32 Å². The number of aryl methyl sites for hydroxylation is 1. The highest BCUT2D eigenvalue weighted by Crippen LogP contribution is 2.31. The van der Waals surface area contributed by atoms with Crippen molar-refractivity contribution in [2.24, 2.45) is 0 Å². The molecule has 0 heterocycles. The number of benzene rings is 1. The lowest BCUT2D eigenvalue weighted by atomic mass is 10.00. The molecule has 0 aliphatic rings. The first-order valence-electron chi connectivity index (χ1n) is 7.42. The van der Waals surface area contributed by atoms with Crippen molar-refractivity contribution >= 4 is 17.4 Å². The Bertz CT molecular complexity index is 479. The zero-order valence-electron chi connectivity index (χ0n) is 13.6. The molecule has 0 aliphatic carbocycles. The van der Waals surface area contributed by atoms with Gasteiger partial charge in [0, 0.05) is 29.0 Å². The Morgan fingerprint density at radius 3 is 2.48 bits per heavy atom. The van der Waals surface area contributed by atoms with Crippen LogP contribution in [0.5, 0.6) is 0 Å². The largest absolute Gasteiger partial charge is 0.309 e. The fourth-order valence-corrected chi connectivity index (χ4v) is 3.22. The van der Waals surface area contributed by atoms with Gasteiger partial charge in [0.15, 0.2) is 0 Å². The van der Waals surface area contributed by atoms with Gasteiger partial charge in [0.2, 0.25) is 0 Å². The highest BCUT2D eigenvalue weighted by Gasteiger charge is 2.25. The van der Waals surface area contributed by atoms with E-state index in [2.05, 4.69) is 32.3 Å². The minimum absolute atomic E-state index is 0.105. The van der Waals surface area contributed by atoms with Crippen molar-refractivity contribution in [3.63, 3.8) is 0 Å². The van der Waals surface area contributed by atoms with Crippen molar-refractivity contribution < 1.29 is 4.92 Å². The third-order valence-electron chi connectivity index (χ3n) is 4.38. The van der Waals surface area contributed by atoms with Gasteiger partial charge in [-0.1, -0.05) is 26.0 Å². The van der Waals surface area contributed by atoms with Crippen LogP contribution < -0.4 is 5.32 Å². The predicted molar refractivity (Wildman–Crippen MR) is 91.1 cm³/mol. The molecule has 0 bridgehead atoms. The van der Waals surface area contributed by atoms with Crippen LogP contribution >= 0.6 is 11.8 Å². The van der Waals surface area contributed by atoms with Crippen molar-refractivity contribution in [3.05, 3.63) is 39.4 Å². The third-order valence-corrected chi connectivity index (χ3v) is 5.97. The van der Waals surface area contributed by atoms with E-state index < -0.39 is 0 Å². The van der Waals surface area contributed by atoms with Gasteiger partial charge in [-0.3, -0.25) is 10.1 Å². The second-order valence-corrected chi connectivity index (χ2v) is 6.77. The average molecular weight is 310 g/mol. The summed E-state index contributed by atoms with van der Waals surface area (Å²) in [5.41, 5.74) is 1.87. The molecule has 1 unspecified atom stereocenters. The summed E-state index contributed by atoms with van der Waals surface area (Å²) in [7, 11) is 0. The van der Waals surface area contributed by atoms with Crippen LogP contribution in [0.2, 0.25) is 0 Å². The Kier molecular flexibility index (Phi) is 6.68. The molecule has 1 N–H and O–H groups in total. The first kappa shape index (κ1) is 18.0. The first-order chi connectivity index (χ1) is 9.89. The number of nitrogens with zero attached hydrogens (tertiary/aromatic N) is 1. The molecule has 1 rings (SSSR count). The molecule has 1 aromatic carbocycles. The lowest BCUT2D eigenvalue weighted by Gasteiger charge is -2.31. The molecule has 0 saturated carbocycles. The molecule has 0 saturated heterocycles. The standard InChI is InChI=1S/C16H26N2O2S/c1-6-16(7-2,21-5)11-17-13(4)14-9-8-12(3)15(10-14)18(19)20/h8-10,13,17H,6-7,11H2,1-5H3. The molecule has 0 aromatic heterocycles. The molecule has 21 heavy (non-hydrogen) atoms. The van der Waals surface area contributed by atoms with Gasteiger partial charge in [-0.15, -0.1) is 0 Å². The highest BCUT2D eigenvalue weighted by molar-refractivity contribution is 8.00. The number of nitro benzene ring substituents is 1. The van der Waals surface area contributed by atoms with Crippen LogP contribution in [0.25, 0.3) is 0 Å². The maximum atomic E-state index is 11.0. The fourth-order valence-electron chi connectivity index (χ4n) is 2.41. The van der Waals surface area contributed by atoms with Gasteiger partial charge in [0.25, 0.3) is 5.69 Å². The van der Waals surface area contributed by atoms with Crippen LogP contribution in [0, 0.1) is 17.0 Å². The van der Waals surface area contributed by atoms with Crippen LogP contribution in [-0.4, -0.2) is 22.5 Å². The maximum Gasteiger partial charge on any atom is 0.272 e. The number of rotatable bonds is 8. The summed E-state index contributed by atoms with van der Waals surface area (Å²) in [6.07, 6.45) is 4.37. The third kappa shape index (κ3) is 4.45. The van der Waals surface area contributed by atoms with Crippen LogP contribution in [-0.2, 0) is 0 Å². The number of thioether (sulfide) groups is 1. The van der Waals surface area contributed by atoms with E-state index in [-0.39, 0.29) is 21.4 Å². The van der Waals surface area contributed by atoms with Gasteiger partial charge in [0.05, 0.1) is 4.92 Å². The zero-order chi connectivity index (χ0) is 16.0. The zero-order valence-corrected chi connectivity index (χ0v) is 14.4. The Labute approximate surface area is 131 Å². The van der Waals surface area contributed by atoms with Gasteiger partial charge in [0.1, 0.15) is 0 Å². The van der Waals surface area contributed by atoms with Gasteiger partial charge in [-0.25, -0.2) is 0 Å². The first-order valence-corrected chi connectivity index (χ1v) is 8.65. The van der Waals surface area contributed by atoms with Crippen LogP contribution in [0.1, 0.15) is 50.8 Å². The van der Waals surface area contributed by atoms with E-state index in [1.165, 1.54) is 0 Å². The molecule has 5 heteroatoms. The monoisotopic (exact) mass is 310 g/mol. The van der Waals surface area contributed by atoms with Crippen molar-refractivity contribution in [2.75, 3.05) is 12.8 Å². The predicted octanol–water partition coefficient (Wildman–Crippen LogP) is 4.48. The minimum Gasteiger partial charge on any atom is -0.309 e. The van der Waals surface area contributed by atoms with Gasteiger partial charge in [-0.05, 0) is 38.5 Å². The minimum atomic E-state index is -0.310. The van der Waals surface area contributed by atoms with E-state index in [9.17, 15) is 10.1 Å². The lowest BCUT2D eigenvalue weighted by Crippen LogP contribution is -2.37. The summed E-state index contributed by atoms with van der Waals surface area (Å²) in [5, 5.41) is 14.6. The molecular weight excluding hydrogens is 284 g/mol. The Hall–Kier alpha value is -1.07. The Morgan fingerprint density at radius 2 is 2.00 bits per heavy atom.